The summed E-state index contributed by atoms with van der Waals surface area (Å²) in [6.07, 6.45) is 45.4. The van der Waals surface area contributed by atoms with E-state index in [9.17, 15) is 19.4 Å². The van der Waals surface area contributed by atoms with Gasteiger partial charge < -0.3 is 19.8 Å². The summed E-state index contributed by atoms with van der Waals surface area (Å²) in [5, 5.41) is 13.9. The number of hydrogen-bond acceptors (Lipinski definition) is 5. The van der Waals surface area contributed by atoms with Crippen molar-refractivity contribution in [3.63, 3.8) is 0 Å². The van der Waals surface area contributed by atoms with E-state index in [0.29, 0.717) is 23.9 Å². The predicted molar refractivity (Wildman–Crippen MR) is 240 cm³/mol. The van der Waals surface area contributed by atoms with Gasteiger partial charge in [0.05, 0.1) is 39.9 Å². The molecule has 3 N–H and O–H groups in total. The van der Waals surface area contributed by atoms with Gasteiger partial charge in [0, 0.05) is 6.42 Å². The molecule has 3 unspecified atom stereocenters. The van der Waals surface area contributed by atoms with Crippen molar-refractivity contribution in [2.45, 2.75) is 244 Å². The van der Waals surface area contributed by atoms with Gasteiger partial charge in [0.15, 0.2) is 0 Å². The van der Waals surface area contributed by atoms with Crippen molar-refractivity contribution in [2.75, 3.05) is 40.9 Å². The Bertz CT molecular complexity index is 927. The van der Waals surface area contributed by atoms with Gasteiger partial charge in [-0.25, -0.2) is 4.57 Å². The van der Waals surface area contributed by atoms with Crippen LogP contribution in [-0.2, 0) is 18.4 Å². The quantitative estimate of drug-likeness (QED) is 0.0245. The Kier molecular flexibility index (Phi) is 39.1. The zero-order chi connectivity index (χ0) is 41.4. The number of nitrogens with one attached hydrogen (secondary N) is 1. The highest BCUT2D eigenvalue weighted by atomic mass is 31.2. The predicted octanol–water partition coefficient (Wildman–Crippen LogP) is 13.5. The van der Waals surface area contributed by atoms with Gasteiger partial charge in [-0.2, -0.15) is 0 Å². The van der Waals surface area contributed by atoms with Crippen LogP contribution in [-0.4, -0.2) is 73.4 Å². The molecule has 0 saturated carbocycles. The Morgan fingerprint density at radius 3 is 1.38 bits per heavy atom. The van der Waals surface area contributed by atoms with Crippen LogP contribution in [0.15, 0.2) is 12.2 Å². The molecule has 0 aromatic heterocycles. The van der Waals surface area contributed by atoms with Crippen LogP contribution in [0.25, 0.3) is 0 Å². The van der Waals surface area contributed by atoms with E-state index in [1.807, 2.05) is 21.1 Å². The number of aliphatic hydroxyl groups excluding tert-OH is 1. The van der Waals surface area contributed by atoms with E-state index in [1.54, 1.807) is 0 Å². The van der Waals surface area contributed by atoms with Crippen molar-refractivity contribution in [1.29, 1.82) is 0 Å². The molecule has 0 spiro atoms. The number of carbonyl (C=O) groups excluding carboxylic acids is 1. The smallest absolute Gasteiger partial charge is 0.391 e. The number of likely N-dealkylation sites (N-methyl/N-ethyl adjacent to an activating group) is 1. The van der Waals surface area contributed by atoms with Crippen molar-refractivity contribution in [3.8, 4) is 0 Å². The summed E-state index contributed by atoms with van der Waals surface area (Å²) in [4.78, 5) is 23.1. The molecule has 56 heavy (non-hydrogen) atoms. The average molecular weight is 816 g/mol. The second-order valence-electron chi connectivity index (χ2n) is 17.8. The Labute approximate surface area is 348 Å². The lowest BCUT2D eigenvalue weighted by Gasteiger charge is -2.26. The van der Waals surface area contributed by atoms with Gasteiger partial charge in [0.25, 0.3) is 0 Å². The van der Waals surface area contributed by atoms with Gasteiger partial charge in [-0.05, 0) is 38.5 Å². The fourth-order valence-electron chi connectivity index (χ4n) is 7.16. The average Bonchev–Trinajstić information content (AvgIpc) is 3.15. The third-order valence-electron chi connectivity index (χ3n) is 11.0. The lowest BCUT2D eigenvalue weighted by molar-refractivity contribution is -0.870. The molecule has 0 heterocycles. The van der Waals surface area contributed by atoms with Crippen LogP contribution in [0.2, 0.25) is 0 Å². The highest BCUT2D eigenvalue weighted by Gasteiger charge is 2.28. The Hall–Kier alpha value is -0.760. The maximum Gasteiger partial charge on any atom is 0.472 e. The molecule has 0 fully saturated rings. The second kappa shape index (κ2) is 39.7. The third-order valence-corrected chi connectivity index (χ3v) is 12.0. The van der Waals surface area contributed by atoms with Crippen molar-refractivity contribution < 1.29 is 32.9 Å². The van der Waals surface area contributed by atoms with Crippen LogP contribution < -0.4 is 5.32 Å². The van der Waals surface area contributed by atoms with Crippen LogP contribution in [0, 0.1) is 0 Å². The largest absolute Gasteiger partial charge is 0.472 e. The van der Waals surface area contributed by atoms with Crippen LogP contribution in [0.4, 0.5) is 0 Å². The molecule has 0 radical (unpaired) electrons. The van der Waals surface area contributed by atoms with Gasteiger partial charge in [-0.15, -0.1) is 0 Å². The molecule has 0 aliphatic heterocycles. The number of aliphatic hydroxyl groups is 1. The molecule has 3 atom stereocenters. The molecule has 8 nitrogen and oxygen atoms in total. The van der Waals surface area contributed by atoms with Gasteiger partial charge in [-0.1, -0.05) is 199 Å². The molecule has 0 saturated heterocycles. The summed E-state index contributed by atoms with van der Waals surface area (Å²) in [6, 6.07) is -0.757. The van der Waals surface area contributed by atoms with E-state index >= 15 is 0 Å². The lowest BCUT2D eigenvalue weighted by atomic mass is 10.0. The summed E-state index contributed by atoms with van der Waals surface area (Å²) in [6.45, 7) is 4.88. The minimum Gasteiger partial charge on any atom is -0.391 e. The Morgan fingerprint density at radius 2 is 0.964 bits per heavy atom. The summed E-state index contributed by atoms with van der Waals surface area (Å²) >= 11 is 0. The van der Waals surface area contributed by atoms with Crippen LogP contribution in [0.5, 0.6) is 0 Å². The minimum atomic E-state index is -4.31. The highest BCUT2D eigenvalue weighted by molar-refractivity contribution is 7.47. The van der Waals surface area contributed by atoms with Crippen molar-refractivity contribution in [1.82, 2.24) is 5.32 Å². The number of phosphoric acid groups is 1. The number of nitrogens with zero attached hydrogens (tertiary/aromatic N) is 1. The number of unbranched alkanes of at least 4 members (excludes halogenated alkanes) is 29. The Morgan fingerprint density at radius 1 is 0.589 bits per heavy atom. The van der Waals surface area contributed by atoms with Crippen LogP contribution in [0.3, 0.4) is 0 Å². The number of quaternary nitrogens is 1. The highest BCUT2D eigenvalue weighted by Crippen LogP contribution is 2.43. The summed E-state index contributed by atoms with van der Waals surface area (Å²) in [5.41, 5.74) is 0. The zero-order valence-electron chi connectivity index (χ0n) is 37.9. The normalized spacial score (nSPS) is 14.3. The van der Waals surface area contributed by atoms with Gasteiger partial charge in [0.2, 0.25) is 5.91 Å². The number of amides is 1. The zero-order valence-corrected chi connectivity index (χ0v) is 38.8. The summed E-state index contributed by atoms with van der Waals surface area (Å²) < 4.78 is 23.6. The molecule has 0 aromatic carbocycles. The molecule has 0 aliphatic rings. The second-order valence-corrected chi connectivity index (χ2v) is 19.3. The molecule has 1 amide bonds. The molecule has 0 rings (SSSR count). The maximum atomic E-state index is 12.9. The first-order valence-electron chi connectivity index (χ1n) is 24.1. The molecular formula is C47H96N2O6P+. The molecule has 0 aliphatic carbocycles. The molecular weight excluding hydrogens is 719 g/mol. The van der Waals surface area contributed by atoms with E-state index in [0.717, 1.165) is 38.5 Å². The summed E-state index contributed by atoms with van der Waals surface area (Å²) in [7, 11) is 1.62. The third kappa shape index (κ3) is 41.4. The van der Waals surface area contributed by atoms with Gasteiger partial charge in [-0.3, -0.25) is 13.8 Å². The molecule has 0 bridgehead atoms. The molecule has 9 heteroatoms. The fourth-order valence-corrected chi connectivity index (χ4v) is 7.89. The van der Waals surface area contributed by atoms with E-state index in [2.05, 4.69) is 31.3 Å². The van der Waals surface area contributed by atoms with E-state index in [-0.39, 0.29) is 19.1 Å². The van der Waals surface area contributed by atoms with Crippen LogP contribution >= 0.6 is 7.82 Å². The maximum absolute atomic E-state index is 12.9. The molecule has 0 aromatic rings. The number of hydrogen-bond donors (Lipinski definition) is 3. The van der Waals surface area contributed by atoms with Gasteiger partial charge in [0.1, 0.15) is 13.2 Å². The van der Waals surface area contributed by atoms with Crippen molar-refractivity contribution >= 4 is 13.7 Å². The van der Waals surface area contributed by atoms with E-state index < -0.39 is 20.0 Å². The first-order chi connectivity index (χ1) is 27.0. The number of carbonyl (C=O) groups is 1. The first-order valence-corrected chi connectivity index (χ1v) is 25.5. The fraction of sp³-hybridized carbons (Fsp3) is 0.936. The molecule has 334 valence electrons. The van der Waals surface area contributed by atoms with Gasteiger partial charge >= 0.3 is 7.82 Å². The van der Waals surface area contributed by atoms with Crippen LogP contribution in [0.1, 0.15) is 232 Å². The standard InChI is InChI=1S/C47H95N2O6P/c1-6-8-10-12-14-16-18-19-20-21-22-23-24-25-26-27-28-29-30-31-33-35-37-39-41-47(51)48-45(44-55-56(52,53)54-43-42-49(3,4)5)46(50)40-38-36-34-32-17-15-13-11-9-7-2/h25-26,45-46,50H,6-24,27-44H2,1-5H3,(H-,48,51,52,53)/p+1/b26-25-. The SMILES string of the molecule is CCCCCCCCCCCCCC/C=C\CCCCCCCCCCC(=O)NC(COP(=O)(O)OCC[N+](C)(C)C)C(O)CCCCCCCCCCCC. The number of phosphoric ester groups is 1. The topological polar surface area (TPSA) is 105 Å². The van der Waals surface area contributed by atoms with Crippen molar-refractivity contribution in [3.05, 3.63) is 12.2 Å². The van der Waals surface area contributed by atoms with Crippen molar-refractivity contribution in [2.24, 2.45) is 0 Å². The monoisotopic (exact) mass is 816 g/mol. The minimum absolute atomic E-state index is 0.0758. The lowest BCUT2D eigenvalue weighted by Crippen LogP contribution is -2.46. The first kappa shape index (κ1) is 55.2. The number of rotatable bonds is 44. The van der Waals surface area contributed by atoms with E-state index in [1.165, 1.54) is 167 Å². The summed E-state index contributed by atoms with van der Waals surface area (Å²) in [5.74, 6) is -0.147. The number of allylic oxidation sites excluding steroid dienone is 2. The Balaban J connectivity index is 4.14. The van der Waals surface area contributed by atoms with E-state index in [4.69, 9.17) is 9.05 Å².